The van der Waals surface area contributed by atoms with Crippen LogP contribution in [0, 0.1) is 0 Å². The topological polar surface area (TPSA) is 89.7 Å². The zero-order valence-electron chi connectivity index (χ0n) is 13.2. The highest BCUT2D eigenvalue weighted by molar-refractivity contribution is 5.68. The Morgan fingerprint density at radius 2 is 2.04 bits per heavy atom. The van der Waals surface area contributed by atoms with Crippen LogP contribution in [-0.2, 0) is 22.6 Å². The lowest BCUT2D eigenvalue weighted by molar-refractivity contribution is -0.140. The number of anilines is 1. The van der Waals surface area contributed by atoms with Crippen molar-refractivity contribution in [2.75, 3.05) is 19.3 Å². The third kappa shape index (κ3) is 4.96. The number of hydrogen-bond donors (Lipinski definition) is 1. The predicted molar refractivity (Wildman–Crippen MR) is 82.2 cm³/mol. The average molecular weight is 320 g/mol. The van der Waals surface area contributed by atoms with Crippen LogP contribution >= 0.6 is 0 Å². The maximum Gasteiger partial charge on any atom is 0.305 e. The molecule has 8 nitrogen and oxygen atoms in total. The van der Waals surface area contributed by atoms with Crippen LogP contribution < -0.4 is 9.80 Å². The van der Waals surface area contributed by atoms with Gasteiger partial charge in [-0.3, -0.25) is 14.7 Å². The number of rotatable bonds is 8. The zero-order valence-corrected chi connectivity index (χ0v) is 13.2. The number of ether oxygens (including phenoxy) is 2. The van der Waals surface area contributed by atoms with Gasteiger partial charge in [0.2, 0.25) is 0 Å². The third-order valence-corrected chi connectivity index (χ3v) is 3.24. The summed E-state index contributed by atoms with van der Waals surface area (Å²) < 4.78 is 11.2. The SMILES string of the molecule is COC(=O)CCCn1cnc(N(O)Cc2ccc(OC)cc2)n1. The Labute approximate surface area is 134 Å². The van der Waals surface area contributed by atoms with Gasteiger partial charge in [-0.25, -0.2) is 5.06 Å². The molecule has 0 bridgehead atoms. The second-order valence-corrected chi connectivity index (χ2v) is 4.89. The number of carbonyl (C=O) groups is 1. The van der Waals surface area contributed by atoms with E-state index in [-0.39, 0.29) is 18.5 Å². The van der Waals surface area contributed by atoms with Gasteiger partial charge in [0, 0.05) is 13.0 Å². The minimum atomic E-state index is -0.256. The first kappa shape index (κ1) is 16.8. The first-order chi connectivity index (χ1) is 11.1. The van der Waals surface area contributed by atoms with Crippen molar-refractivity contribution in [3.63, 3.8) is 0 Å². The van der Waals surface area contributed by atoms with Crippen LogP contribution in [0.25, 0.3) is 0 Å². The average Bonchev–Trinajstić information content (AvgIpc) is 3.04. The van der Waals surface area contributed by atoms with Gasteiger partial charge in [-0.2, -0.15) is 4.98 Å². The molecule has 0 saturated carbocycles. The van der Waals surface area contributed by atoms with E-state index in [0.717, 1.165) is 16.4 Å². The van der Waals surface area contributed by atoms with E-state index >= 15 is 0 Å². The molecule has 1 heterocycles. The first-order valence-electron chi connectivity index (χ1n) is 7.18. The van der Waals surface area contributed by atoms with Gasteiger partial charge >= 0.3 is 5.97 Å². The van der Waals surface area contributed by atoms with Crippen LogP contribution in [0.2, 0.25) is 0 Å². The number of carbonyl (C=O) groups excluding carboxylic acids is 1. The van der Waals surface area contributed by atoms with E-state index in [0.29, 0.717) is 19.4 Å². The zero-order chi connectivity index (χ0) is 16.7. The van der Waals surface area contributed by atoms with Gasteiger partial charge in [0.1, 0.15) is 12.1 Å². The van der Waals surface area contributed by atoms with E-state index < -0.39 is 0 Å². The van der Waals surface area contributed by atoms with E-state index in [9.17, 15) is 10.0 Å². The van der Waals surface area contributed by atoms with Gasteiger partial charge in [-0.05, 0) is 24.1 Å². The summed E-state index contributed by atoms with van der Waals surface area (Å²) in [5, 5.41) is 15.2. The van der Waals surface area contributed by atoms with E-state index in [1.807, 2.05) is 24.3 Å². The Morgan fingerprint density at radius 1 is 1.30 bits per heavy atom. The fourth-order valence-electron chi connectivity index (χ4n) is 1.97. The molecule has 1 aromatic heterocycles. The van der Waals surface area contributed by atoms with Crippen molar-refractivity contribution >= 4 is 11.9 Å². The largest absolute Gasteiger partial charge is 0.497 e. The molecule has 0 atom stereocenters. The van der Waals surface area contributed by atoms with E-state index in [4.69, 9.17) is 4.74 Å². The van der Waals surface area contributed by atoms with Crippen LogP contribution in [0.5, 0.6) is 5.75 Å². The Morgan fingerprint density at radius 3 is 2.70 bits per heavy atom. The van der Waals surface area contributed by atoms with Crippen molar-refractivity contribution in [2.45, 2.75) is 25.9 Å². The number of hydrogen-bond acceptors (Lipinski definition) is 7. The van der Waals surface area contributed by atoms with Crippen LogP contribution in [0.15, 0.2) is 30.6 Å². The molecule has 0 spiro atoms. The molecule has 0 saturated heterocycles. The number of methoxy groups -OCH3 is 2. The normalized spacial score (nSPS) is 10.4. The molecule has 0 amide bonds. The quantitative estimate of drug-likeness (QED) is 0.584. The monoisotopic (exact) mass is 320 g/mol. The maximum absolute atomic E-state index is 11.0. The summed E-state index contributed by atoms with van der Waals surface area (Å²) in [5.41, 5.74) is 0.898. The lowest BCUT2D eigenvalue weighted by Crippen LogP contribution is -2.19. The lowest BCUT2D eigenvalue weighted by Gasteiger charge is -2.12. The molecular formula is C15H20N4O4. The highest BCUT2D eigenvalue weighted by Gasteiger charge is 2.10. The summed E-state index contributed by atoms with van der Waals surface area (Å²) in [4.78, 5) is 15.1. The van der Waals surface area contributed by atoms with Crippen LogP contribution in [0.3, 0.4) is 0 Å². The standard InChI is InChI=1S/C15H20N4O4/c1-22-13-7-5-12(6-8-13)10-19(21)15-16-11-18(17-15)9-3-4-14(20)23-2/h5-8,11,21H,3-4,9-10H2,1-2H3. The minimum absolute atomic E-state index is 0.207. The number of aryl methyl sites for hydroxylation is 1. The van der Waals surface area contributed by atoms with Gasteiger partial charge in [0.05, 0.1) is 20.8 Å². The van der Waals surface area contributed by atoms with Crippen molar-refractivity contribution in [3.05, 3.63) is 36.2 Å². The van der Waals surface area contributed by atoms with Crippen LogP contribution in [0.4, 0.5) is 5.95 Å². The first-order valence-corrected chi connectivity index (χ1v) is 7.18. The molecule has 2 rings (SSSR count). The molecule has 0 aliphatic carbocycles. The van der Waals surface area contributed by atoms with Gasteiger partial charge < -0.3 is 9.47 Å². The van der Waals surface area contributed by atoms with Crippen molar-refractivity contribution in [3.8, 4) is 5.75 Å². The van der Waals surface area contributed by atoms with Crippen molar-refractivity contribution in [2.24, 2.45) is 0 Å². The minimum Gasteiger partial charge on any atom is -0.497 e. The molecule has 1 N–H and O–H groups in total. The van der Waals surface area contributed by atoms with Crippen molar-refractivity contribution < 1.29 is 19.5 Å². The molecule has 8 heteroatoms. The highest BCUT2D eigenvalue weighted by atomic mass is 16.5. The number of hydroxylamine groups is 1. The second kappa shape index (κ2) is 8.14. The maximum atomic E-state index is 11.0. The molecule has 0 aliphatic heterocycles. The van der Waals surface area contributed by atoms with E-state index in [2.05, 4.69) is 14.8 Å². The van der Waals surface area contributed by atoms with Crippen molar-refractivity contribution in [1.82, 2.24) is 14.8 Å². The second-order valence-electron chi connectivity index (χ2n) is 4.89. The van der Waals surface area contributed by atoms with Gasteiger partial charge in [0.25, 0.3) is 5.95 Å². The summed E-state index contributed by atoms with van der Waals surface area (Å²) in [6.07, 6.45) is 2.43. The molecule has 23 heavy (non-hydrogen) atoms. The molecule has 0 aliphatic rings. The van der Waals surface area contributed by atoms with Gasteiger partial charge in [-0.15, -0.1) is 5.10 Å². The molecule has 0 fully saturated rings. The molecule has 2 aromatic rings. The summed E-state index contributed by atoms with van der Waals surface area (Å²) in [5.74, 6) is 0.707. The third-order valence-electron chi connectivity index (χ3n) is 3.24. The number of esters is 1. The van der Waals surface area contributed by atoms with Gasteiger partial charge in [-0.1, -0.05) is 12.1 Å². The van der Waals surface area contributed by atoms with E-state index in [1.165, 1.54) is 13.4 Å². The molecule has 1 aromatic carbocycles. The Kier molecular flexibility index (Phi) is 5.93. The molecular weight excluding hydrogens is 300 g/mol. The van der Waals surface area contributed by atoms with E-state index in [1.54, 1.807) is 11.8 Å². The molecule has 0 radical (unpaired) electrons. The smallest absolute Gasteiger partial charge is 0.305 e. The van der Waals surface area contributed by atoms with Gasteiger partial charge in [0.15, 0.2) is 0 Å². The Balaban J connectivity index is 1.87. The molecule has 124 valence electrons. The fourth-order valence-corrected chi connectivity index (χ4v) is 1.97. The molecule has 0 unspecified atom stereocenters. The van der Waals surface area contributed by atoms with Crippen LogP contribution in [-0.4, -0.2) is 40.2 Å². The number of nitrogens with zero attached hydrogens (tertiary/aromatic N) is 4. The highest BCUT2D eigenvalue weighted by Crippen LogP contribution is 2.14. The van der Waals surface area contributed by atoms with Crippen molar-refractivity contribution in [1.29, 1.82) is 0 Å². The lowest BCUT2D eigenvalue weighted by atomic mass is 10.2. The Bertz CT molecular complexity index is 627. The summed E-state index contributed by atoms with van der Waals surface area (Å²) in [7, 11) is 2.96. The predicted octanol–water partition coefficient (Wildman–Crippen LogP) is 1.64. The summed E-state index contributed by atoms with van der Waals surface area (Å²) in [6, 6.07) is 7.36. The number of aromatic nitrogens is 3. The summed E-state index contributed by atoms with van der Waals surface area (Å²) >= 11 is 0. The van der Waals surface area contributed by atoms with Crippen LogP contribution in [0.1, 0.15) is 18.4 Å². The Hall–Kier alpha value is -2.61. The fraction of sp³-hybridized carbons (Fsp3) is 0.400. The number of benzene rings is 1. The summed E-state index contributed by atoms with van der Waals surface area (Å²) in [6.45, 7) is 0.786.